The summed E-state index contributed by atoms with van der Waals surface area (Å²) in [7, 11) is -3.49. The van der Waals surface area contributed by atoms with Crippen LogP contribution in [0.3, 0.4) is 0 Å². The largest absolute Gasteiger partial charge is 0.345 e. The highest BCUT2D eigenvalue weighted by atomic mass is 35.5. The minimum absolute atomic E-state index is 0. The number of hydrogen-bond acceptors (Lipinski definition) is 4. The van der Waals surface area contributed by atoms with Gasteiger partial charge in [0.2, 0.25) is 10.0 Å². The highest BCUT2D eigenvalue weighted by molar-refractivity contribution is 7.89. The van der Waals surface area contributed by atoms with Crippen LogP contribution < -0.4 is 11.1 Å². The van der Waals surface area contributed by atoms with Crippen LogP contribution in [0.15, 0.2) is 29.2 Å². The van der Waals surface area contributed by atoms with Gasteiger partial charge in [-0.05, 0) is 55.9 Å². The van der Waals surface area contributed by atoms with Crippen LogP contribution in [0.25, 0.3) is 0 Å². The van der Waals surface area contributed by atoms with Crippen LogP contribution in [0.1, 0.15) is 55.8 Å². The smallest absolute Gasteiger partial charge is 0.251 e. The maximum absolute atomic E-state index is 12.8. The van der Waals surface area contributed by atoms with Crippen molar-refractivity contribution in [3.8, 4) is 0 Å². The fraction of sp³-hybridized carbons (Fsp3) is 0.632. The molecule has 27 heavy (non-hydrogen) atoms. The van der Waals surface area contributed by atoms with Gasteiger partial charge in [-0.3, -0.25) is 4.79 Å². The van der Waals surface area contributed by atoms with Crippen molar-refractivity contribution in [1.82, 2.24) is 9.62 Å². The van der Waals surface area contributed by atoms with Crippen molar-refractivity contribution in [1.29, 1.82) is 0 Å². The second kappa shape index (κ2) is 8.90. The average molecular weight is 416 g/mol. The van der Waals surface area contributed by atoms with Crippen molar-refractivity contribution in [3.63, 3.8) is 0 Å². The van der Waals surface area contributed by atoms with E-state index in [9.17, 15) is 13.2 Å². The number of carbonyl (C=O) groups is 1. The number of nitrogens with two attached hydrogens (primary N) is 1. The quantitative estimate of drug-likeness (QED) is 0.772. The van der Waals surface area contributed by atoms with Gasteiger partial charge in [0.25, 0.3) is 5.91 Å². The summed E-state index contributed by atoms with van der Waals surface area (Å²) in [6.45, 7) is 3.70. The van der Waals surface area contributed by atoms with Gasteiger partial charge < -0.3 is 11.1 Å². The molecule has 3 N–H and O–H groups in total. The summed E-state index contributed by atoms with van der Waals surface area (Å²) in [6.07, 6.45) is 5.72. The van der Waals surface area contributed by atoms with Crippen molar-refractivity contribution >= 4 is 28.3 Å². The van der Waals surface area contributed by atoms with E-state index >= 15 is 0 Å². The van der Waals surface area contributed by atoms with Gasteiger partial charge in [-0.15, -0.1) is 12.4 Å². The Bertz CT molecular complexity index is 738. The molecule has 1 saturated heterocycles. The van der Waals surface area contributed by atoms with Gasteiger partial charge in [0.1, 0.15) is 0 Å². The number of amides is 1. The van der Waals surface area contributed by atoms with Crippen LogP contribution >= 0.6 is 12.4 Å². The average Bonchev–Trinajstić information content (AvgIpc) is 3.11. The topological polar surface area (TPSA) is 92.5 Å². The Morgan fingerprint density at radius 3 is 2.26 bits per heavy atom. The predicted octanol–water partition coefficient (Wildman–Crippen LogP) is 2.53. The van der Waals surface area contributed by atoms with Crippen molar-refractivity contribution in [2.24, 2.45) is 11.7 Å². The molecule has 2 aliphatic rings. The number of halogens is 1. The number of nitrogens with one attached hydrogen (secondary N) is 1. The number of benzene rings is 1. The van der Waals surface area contributed by atoms with E-state index in [-0.39, 0.29) is 28.7 Å². The molecule has 1 aliphatic heterocycles. The minimum Gasteiger partial charge on any atom is -0.345 e. The molecule has 1 aromatic carbocycles. The molecule has 0 unspecified atom stereocenters. The van der Waals surface area contributed by atoms with E-state index in [4.69, 9.17) is 5.73 Å². The first kappa shape index (κ1) is 22.1. The fourth-order valence-electron chi connectivity index (χ4n) is 3.90. The third-order valence-corrected chi connectivity index (χ3v) is 7.74. The Labute approximate surface area is 168 Å². The normalized spacial score (nSPS) is 20.8. The van der Waals surface area contributed by atoms with E-state index in [0.717, 1.165) is 38.5 Å². The summed E-state index contributed by atoms with van der Waals surface area (Å²) < 4.78 is 27.1. The Kier molecular flexibility index (Phi) is 7.30. The molecular formula is C19H30ClN3O3S. The molecular weight excluding hydrogens is 386 g/mol. The molecule has 1 amide bonds. The van der Waals surface area contributed by atoms with Crippen molar-refractivity contribution in [2.45, 2.75) is 55.9 Å². The maximum atomic E-state index is 12.8. The summed E-state index contributed by atoms with van der Waals surface area (Å²) in [5.41, 5.74) is 6.02. The monoisotopic (exact) mass is 415 g/mol. The highest BCUT2D eigenvalue weighted by Crippen LogP contribution is 2.29. The molecule has 1 heterocycles. The van der Waals surface area contributed by atoms with E-state index in [0.29, 0.717) is 31.1 Å². The lowest BCUT2D eigenvalue weighted by Gasteiger charge is -2.29. The molecule has 3 rings (SSSR count). The van der Waals surface area contributed by atoms with Gasteiger partial charge >= 0.3 is 0 Å². The first-order chi connectivity index (χ1) is 12.4. The molecule has 0 aromatic heterocycles. The lowest BCUT2D eigenvalue weighted by molar-refractivity contribution is 0.0903. The Morgan fingerprint density at radius 2 is 1.74 bits per heavy atom. The second-order valence-electron chi connectivity index (χ2n) is 7.76. The SMILES string of the molecule is CC1CCN(S(=O)(=O)c2ccc(C(=O)NC3(CN)CCCC3)cc2)CC1.Cl. The van der Waals surface area contributed by atoms with Crippen LogP contribution in [-0.4, -0.2) is 43.8 Å². The minimum atomic E-state index is -3.49. The molecule has 0 radical (unpaired) electrons. The van der Waals surface area contributed by atoms with Crippen molar-refractivity contribution in [2.75, 3.05) is 19.6 Å². The summed E-state index contributed by atoms with van der Waals surface area (Å²) in [4.78, 5) is 12.8. The van der Waals surface area contributed by atoms with Crippen molar-refractivity contribution < 1.29 is 13.2 Å². The van der Waals surface area contributed by atoms with Gasteiger partial charge in [0.15, 0.2) is 0 Å². The van der Waals surface area contributed by atoms with E-state index in [1.807, 2.05) is 0 Å². The van der Waals surface area contributed by atoms with Crippen LogP contribution in [0.2, 0.25) is 0 Å². The van der Waals surface area contributed by atoms with Crippen LogP contribution in [-0.2, 0) is 10.0 Å². The summed E-state index contributed by atoms with van der Waals surface area (Å²) in [5.74, 6) is 0.381. The number of carbonyl (C=O) groups excluding carboxylic acids is 1. The number of nitrogens with zero attached hydrogens (tertiary/aromatic N) is 1. The third-order valence-electron chi connectivity index (χ3n) is 5.83. The zero-order valence-electron chi connectivity index (χ0n) is 15.8. The van der Waals surface area contributed by atoms with Gasteiger partial charge in [0.05, 0.1) is 10.4 Å². The first-order valence-electron chi connectivity index (χ1n) is 9.49. The highest BCUT2D eigenvalue weighted by Gasteiger charge is 2.34. The molecule has 152 valence electrons. The predicted molar refractivity (Wildman–Crippen MR) is 109 cm³/mol. The zero-order chi connectivity index (χ0) is 18.8. The molecule has 6 nitrogen and oxygen atoms in total. The number of sulfonamides is 1. The second-order valence-corrected chi connectivity index (χ2v) is 9.69. The van der Waals surface area contributed by atoms with E-state index in [1.165, 1.54) is 12.1 Å². The van der Waals surface area contributed by atoms with Gasteiger partial charge in [0, 0.05) is 25.2 Å². The summed E-state index contributed by atoms with van der Waals surface area (Å²) >= 11 is 0. The van der Waals surface area contributed by atoms with Gasteiger partial charge in [-0.1, -0.05) is 19.8 Å². The Balaban J connectivity index is 0.00000261. The standard InChI is InChI=1S/C19H29N3O3S.ClH/c1-15-8-12-22(13-9-15)26(24,25)17-6-4-16(5-7-17)18(23)21-19(14-20)10-2-3-11-19;/h4-7,15H,2-3,8-14,20H2,1H3,(H,21,23);1H. The first-order valence-corrected chi connectivity index (χ1v) is 10.9. The number of rotatable bonds is 5. The molecule has 0 bridgehead atoms. The van der Waals surface area contributed by atoms with Gasteiger partial charge in [-0.25, -0.2) is 8.42 Å². The summed E-state index contributed by atoms with van der Waals surface area (Å²) in [6, 6.07) is 6.25. The number of piperidine rings is 1. The number of hydrogen-bond donors (Lipinski definition) is 2. The van der Waals surface area contributed by atoms with Gasteiger partial charge in [-0.2, -0.15) is 4.31 Å². The van der Waals surface area contributed by atoms with Crippen molar-refractivity contribution in [3.05, 3.63) is 29.8 Å². The zero-order valence-corrected chi connectivity index (χ0v) is 17.4. The molecule has 1 aliphatic carbocycles. The third kappa shape index (κ3) is 4.83. The molecule has 8 heteroatoms. The Morgan fingerprint density at radius 1 is 1.19 bits per heavy atom. The molecule has 0 spiro atoms. The van der Waals surface area contributed by atoms with E-state index < -0.39 is 10.0 Å². The lowest BCUT2D eigenvalue weighted by atomic mass is 9.97. The molecule has 1 saturated carbocycles. The molecule has 1 aromatic rings. The van der Waals surface area contributed by atoms with E-state index in [2.05, 4.69) is 12.2 Å². The van der Waals surface area contributed by atoms with Crippen LogP contribution in [0, 0.1) is 5.92 Å². The molecule has 0 atom stereocenters. The van der Waals surface area contributed by atoms with Crippen LogP contribution in [0.5, 0.6) is 0 Å². The van der Waals surface area contributed by atoms with E-state index in [1.54, 1.807) is 16.4 Å². The molecule has 2 fully saturated rings. The Hall–Kier alpha value is -1.15. The maximum Gasteiger partial charge on any atom is 0.251 e. The van der Waals surface area contributed by atoms with Crippen LogP contribution in [0.4, 0.5) is 0 Å². The fourth-order valence-corrected chi connectivity index (χ4v) is 5.37. The summed E-state index contributed by atoms with van der Waals surface area (Å²) in [5, 5.41) is 3.06. The lowest BCUT2D eigenvalue weighted by Crippen LogP contribution is -2.51.